The van der Waals surface area contributed by atoms with E-state index in [0.29, 0.717) is 16.2 Å². The van der Waals surface area contributed by atoms with E-state index >= 15 is 0 Å². The molecule has 0 amide bonds. The molecule has 1 aromatic heterocycles. The quantitative estimate of drug-likeness (QED) is 0.588. The lowest BCUT2D eigenvalue weighted by atomic mass is 10.2. The molecule has 3 aromatic rings. The Hall–Kier alpha value is -2.60. The van der Waals surface area contributed by atoms with Crippen molar-refractivity contribution in [2.75, 3.05) is 0 Å². The largest absolute Gasteiger partial charge is 0.250 e. The number of H-pyrrole nitrogens is 1. The van der Waals surface area contributed by atoms with Crippen LogP contribution in [0.15, 0.2) is 53.6 Å². The van der Waals surface area contributed by atoms with Gasteiger partial charge in [0.05, 0.1) is 11.8 Å². The third kappa shape index (κ3) is 2.87. The number of benzene rings is 2. The molecule has 3 rings (SSSR count). The first-order valence-electron chi connectivity index (χ1n) is 6.68. The second kappa shape index (κ2) is 6.03. The van der Waals surface area contributed by atoms with Crippen LogP contribution in [-0.2, 0) is 0 Å². The van der Waals surface area contributed by atoms with E-state index in [0.717, 1.165) is 5.56 Å². The molecule has 0 aliphatic rings. The van der Waals surface area contributed by atoms with Gasteiger partial charge in [-0.2, -0.15) is 14.9 Å². The van der Waals surface area contributed by atoms with Crippen LogP contribution in [0.5, 0.6) is 0 Å². The minimum Gasteiger partial charge on any atom is -0.250 e. The monoisotopic (exact) mass is 312 g/mol. The summed E-state index contributed by atoms with van der Waals surface area (Å²) >= 11 is 5.16. The molecule has 0 saturated carbocycles. The molecule has 22 heavy (non-hydrogen) atoms. The lowest BCUT2D eigenvalue weighted by Gasteiger charge is -2.02. The van der Waals surface area contributed by atoms with E-state index in [1.165, 1.54) is 16.3 Å². The summed E-state index contributed by atoms with van der Waals surface area (Å²) in [6.45, 7) is 2.02. The van der Waals surface area contributed by atoms with E-state index in [2.05, 4.69) is 15.3 Å². The summed E-state index contributed by atoms with van der Waals surface area (Å²) in [5, 5.41) is 11.0. The van der Waals surface area contributed by atoms with Crippen molar-refractivity contribution in [1.29, 1.82) is 0 Å². The SMILES string of the molecule is Cc1ccc(/C=N\n2c(-c3ccccc3F)n[nH]c2=S)cc1. The number of aromatic nitrogens is 3. The molecule has 0 radical (unpaired) electrons. The van der Waals surface area contributed by atoms with Gasteiger partial charge < -0.3 is 0 Å². The normalized spacial score (nSPS) is 11.2. The van der Waals surface area contributed by atoms with Crippen LogP contribution in [0.2, 0.25) is 0 Å². The molecular formula is C16H13FN4S. The van der Waals surface area contributed by atoms with Gasteiger partial charge >= 0.3 is 0 Å². The Balaban J connectivity index is 2.02. The molecule has 0 spiro atoms. The molecule has 1 heterocycles. The summed E-state index contributed by atoms with van der Waals surface area (Å²) in [4.78, 5) is 0. The molecule has 0 unspecified atom stereocenters. The van der Waals surface area contributed by atoms with Crippen LogP contribution in [0.1, 0.15) is 11.1 Å². The zero-order valence-corrected chi connectivity index (χ0v) is 12.6. The predicted molar refractivity (Wildman–Crippen MR) is 87.0 cm³/mol. The zero-order valence-electron chi connectivity index (χ0n) is 11.8. The van der Waals surface area contributed by atoms with E-state index in [1.54, 1.807) is 24.4 Å². The van der Waals surface area contributed by atoms with Gasteiger partial charge in [-0.25, -0.2) is 9.49 Å². The molecule has 0 saturated heterocycles. The van der Waals surface area contributed by atoms with Gasteiger partial charge in [0.2, 0.25) is 4.77 Å². The minimum atomic E-state index is -0.372. The molecule has 0 atom stereocenters. The maximum Gasteiger partial charge on any atom is 0.216 e. The minimum absolute atomic E-state index is 0.307. The standard InChI is InChI=1S/C16H13FN4S/c1-11-6-8-12(9-7-11)10-18-21-15(19-20-16(21)22)13-4-2-3-5-14(13)17/h2-10H,1H3,(H,20,22)/b18-10-. The van der Waals surface area contributed by atoms with Gasteiger partial charge in [-0.05, 0) is 36.8 Å². The molecule has 0 fully saturated rings. The highest BCUT2D eigenvalue weighted by Crippen LogP contribution is 2.20. The zero-order chi connectivity index (χ0) is 15.5. The van der Waals surface area contributed by atoms with Gasteiger partial charge in [-0.3, -0.25) is 0 Å². The van der Waals surface area contributed by atoms with E-state index in [-0.39, 0.29) is 5.82 Å². The van der Waals surface area contributed by atoms with Gasteiger partial charge in [0, 0.05) is 0 Å². The van der Waals surface area contributed by atoms with Crippen molar-refractivity contribution in [3.05, 3.63) is 70.2 Å². The maximum atomic E-state index is 13.9. The highest BCUT2D eigenvalue weighted by molar-refractivity contribution is 7.71. The van der Waals surface area contributed by atoms with Crippen LogP contribution in [0, 0.1) is 17.5 Å². The number of aryl methyl sites for hydroxylation is 1. The van der Waals surface area contributed by atoms with E-state index < -0.39 is 0 Å². The van der Waals surface area contributed by atoms with Crippen molar-refractivity contribution in [3.63, 3.8) is 0 Å². The topological polar surface area (TPSA) is 46.0 Å². The van der Waals surface area contributed by atoms with E-state index in [4.69, 9.17) is 12.2 Å². The Bertz CT molecular complexity index is 878. The van der Waals surface area contributed by atoms with E-state index in [9.17, 15) is 4.39 Å². The summed E-state index contributed by atoms with van der Waals surface area (Å²) in [6, 6.07) is 14.3. The smallest absolute Gasteiger partial charge is 0.216 e. The Morgan fingerprint density at radius 3 is 2.64 bits per heavy atom. The fraction of sp³-hybridized carbons (Fsp3) is 0.0625. The second-order valence-corrected chi connectivity index (χ2v) is 5.19. The molecule has 6 heteroatoms. The van der Waals surface area contributed by atoms with Crippen molar-refractivity contribution in [3.8, 4) is 11.4 Å². The lowest BCUT2D eigenvalue weighted by Crippen LogP contribution is -1.96. The molecule has 2 aromatic carbocycles. The summed E-state index contributed by atoms with van der Waals surface area (Å²) in [5.41, 5.74) is 2.44. The Labute approximate surface area is 131 Å². The number of nitrogens with zero attached hydrogens (tertiary/aromatic N) is 3. The average molecular weight is 312 g/mol. The summed E-state index contributed by atoms with van der Waals surface area (Å²) < 4.78 is 15.6. The third-order valence-corrected chi connectivity index (χ3v) is 3.43. The number of hydrogen-bond acceptors (Lipinski definition) is 3. The first-order valence-corrected chi connectivity index (χ1v) is 7.09. The van der Waals surface area contributed by atoms with Gasteiger partial charge in [-0.1, -0.05) is 42.0 Å². The molecular weight excluding hydrogens is 299 g/mol. The molecule has 0 aliphatic heterocycles. The summed E-state index contributed by atoms with van der Waals surface area (Å²) in [5.74, 6) is -0.0326. The number of aromatic amines is 1. The van der Waals surface area contributed by atoms with Crippen LogP contribution >= 0.6 is 12.2 Å². The van der Waals surface area contributed by atoms with Crippen molar-refractivity contribution in [2.24, 2.45) is 5.10 Å². The molecule has 4 nitrogen and oxygen atoms in total. The van der Waals surface area contributed by atoms with Gasteiger partial charge in [0.1, 0.15) is 5.82 Å². The third-order valence-electron chi connectivity index (χ3n) is 3.16. The van der Waals surface area contributed by atoms with Gasteiger partial charge in [0.25, 0.3) is 0 Å². The van der Waals surface area contributed by atoms with Crippen molar-refractivity contribution in [2.45, 2.75) is 6.92 Å². The molecule has 110 valence electrons. The maximum absolute atomic E-state index is 13.9. The number of halogens is 1. The number of nitrogens with one attached hydrogen (secondary N) is 1. The molecule has 1 N–H and O–H groups in total. The molecule has 0 aliphatic carbocycles. The van der Waals surface area contributed by atoms with Crippen LogP contribution in [-0.4, -0.2) is 21.1 Å². The van der Waals surface area contributed by atoms with Crippen LogP contribution in [0.25, 0.3) is 11.4 Å². The van der Waals surface area contributed by atoms with Crippen molar-refractivity contribution >= 4 is 18.4 Å². The van der Waals surface area contributed by atoms with Crippen molar-refractivity contribution in [1.82, 2.24) is 14.9 Å². The van der Waals surface area contributed by atoms with Crippen molar-refractivity contribution < 1.29 is 4.39 Å². The number of hydrogen-bond donors (Lipinski definition) is 1. The van der Waals surface area contributed by atoms with Gasteiger partial charge in [-0.15, -0.1) is 0 Å². The van der Waals surface area contributed by atoms with Crippen LogP contribution in [0.4, 0.5) is 4.39 Å². The van der Waals surface area contributed by atoms with Crippen LogP contribution in [0.3, 0.4) is 0 Å². The van der Waals surface area contributed by atoms with E-state index in [1.807, 2.05) is 31.2 Å². The molecule has 0 bridgehead atoms. The number of rotatable bonds is 3. The Morgan fingerprint density at radius 1 is 1.18 bits per heavy atom. The fourth-order valence-corrected chi connectivity index (χ4v) is 2.17. The fourth-order valence-electron chi connectivity index (χ4n) is 1.99. The summed E-state index contributed by atoms with van der Waals surface area (Å²) in [7, 11) is 0. The average Bonchev–Trinajstić information content (AvgIpc) is 2.88. The first kappa shape index (κ1) is 14.3. The Kier molecular flexibility index (Phi) is 3.93. The Morgan fingerprint density at radius 2 is 1.91 bits per heavy atom. The van der Waals surface area contributed by atoms with Gasteiger partial charge in [0.15, 0.2) is 5.82 Å². The lowest BCUT2D eigenvalue weighted by molar-refractivity contribution is 0.628. The predicted octanol–water partition coefficient (Wildman–Crippen LogP) is 3.94. The summed E-state index contributed by atoms with van der Waals surface area (Å²) in [6.07, 6.45) is 1.66. The van der Waals surface area contributed by atoms with Crippen LogP contribution < -0.4 is 0 Å². The highest BCUT2D eigenvalue weighted by Gasteiger charge is 2.12. The highest BCUT2D eigenvalue weighted by atomic mass is 32.1. The first-order chi connectivity index (χ1) is 10.6. The second-order valence-electron chi connectivity index (χ2n) is 4.80.